The third-order valence-electron chi connectivity index (χ3n) is 5.72. The fourth-order valence-electron chi connectivity index (χ4n) is 3.97. The Balaban J connectivity index is 1.52. The predicted octanol–water partition coefficient (Wildman–Crippen LogP) is 5.84. The molecule has 1 aliphatic heterocycles. The molecule has 0 saturated carbocycles. The second kappa shape index (κ2) is 11.9. The van der Waals surface area contributed by atoms with Crippen molar-refractivity contribution >= 4 is 45.6 Å². The van der Waals surface area contributed by atoms with Crippen LogP contribution in [0, 0.1) is 5.82 Å². The molecule has 7 nitrogen and oxygen atoms in total. The van der Waals surface area contributed by atoms with Crippen LogP contribution in [-0.2, 0) is 4.79 Å². The standard InChI is InChI=1S/C25H26ClF2N5O2/c26-19-12-17(7-8-20(19)28)31-25-18-13-22(23(35-15-27)14-21(18)29-16-30-25)32-24(34)6-2-5-11-33-9-3-1-4-10-33/h2,6-8,12-14,16H,1,3-5,9-11,15H2,(H,32,34)(H,29,30,31). The van der Waals surface area contributed by atoms with E-state index in [2.05, 4.69) is 25.5 Å². The second-order valence-corrected chi connectivity index (χ2v) is 8.58. The number of piperidine rings is 1. The fourth-order valence-corrected chi connectivity index (χ4v) is 4.16. The molecule has 2 aromatic carbocycles. The molecule has 0 bridgehead atoms. The molecule has 3 aromatic rings. The van der Waals surface area contributed by atoms with E-state index >= 15 is 0 Å². The number of amides is 1. The number of aromatic nitrogens is 2. The SMILES string of the molecule is O=C(C=CCCN1CCCCC1)Nc1cc2c(Nc3ccc(F)c(Cl)c3)ncnc2cc1OCF. The van der Waals surface area contributed by atoms with E-state index in [-0.39, 0.29) is 22.4 Å². The molecule has 0 spiro atoms. The zero-order valence-electron chi connectivity index (χ0n) is 19.1. The number of ether oxygens (including phenoxy) is 1. The molecule has 4 rings (SSSR count). The number of alkyl halides is 1. The Morgan fingerprint density at radius 3 is 2.77 bits per heavy atom. The average Bonchev–Trinajstić information content (AvgIpc) is 2.86. The molecule has 1 fully saturated rings. The third kappa shape index (κ3) is 6.64. The van der Waals surface area contributed by atoms with Crippen molar-refractivity contribution < 1.29 is 18.3 Å². The summed E-state index contributed by atoms with van der Waals surface area (Å²) in [5.41, 5.74) is 1.26. The van der Waals surface area contributed by atoms with Gasteiger partial charge in [0, 0.05) is 23.7 Å². The topological polar surface area (TPSA) is 79.4 Å². The summed E-state index contributed by atoms with van der Waals surface area (Å²) in [5.74, 6) is -0.350. The quantitative estimate of drug-likeness (QED) is 0.358. The van der Waals surface area contributed by atoms with E-state index in [4.69, 9.17) is 16.3 Å². The normalized spacial score (nSPS) is 14.4. The molecule has 0 unspecified atom stereocenters. The lowest BCUT2D eigenvalue weighted by Crippen LogP contribution is -2.30. The van der Waals surface area contributed by atoms with E-state index in [0.29, 0.717) is 22.4 Å². The van der Waals surface area contributed by atoms with Crippen molar-refractivity contribution in [3.8, 4) is 5.75 Å². The lowest BCUT2D eigenvalue weighted by Gasteiger charge is -2.25. The van der Waals surface area contributed by atoms with Gasteiger partial charge in [0.15, 0.2) is 0 Å². The van der Waals surface area contributed by atoms with Crippen LogP contribution in [0.3, 0.4) is 0 Å². The van der Waals surface area contributed by atoms with Crippen molar-refractivity contribution in [2.24, 2.45) is 0 Å². The molecule has 10 heteroatoms. The van der Waals surface area contributed by atoms with Crippen molar-refractivity contribution in [1.29, 1.82) is 0 Å². The van der Waals surface area contributed by atoms with E-state index in [1.165, 1.54) is 55.9 Å². The van der Waals surface area contributed by atoms with Gasteiger partial charge in [0.25, 0.3) is 0 Å². The monoisotopic (exact) mass is 501 g/mol. The lowest BCUT2D eigenvalue weighted by molar-refractivity contribution is -0.111. The minimum atomic E-state index is -1.07. The molecule has 184 valence electrons. The van der Waals surface area contributed by atoms with Crippen LogP contribution in [0.15, 0.2) is 48.8 Å². The van der Waals surface area contributed by atoms with E-state index < -0.39 is 12.7 Å². The molecule has 1 aliphatic rings. The Labute approximate surface area is 207 Å². The van der Waals surface area contributed by atoms with Crippen molar-refractivity contribution in [3.63, 3.8) is 0 Å². The van der Waals surface area contributed by atoms with E-state index in [1.54, 1.807) is 6.07 Å². The summed E-state index contributed by atoms with van der Waals surface area (Å²) in [7, 11) is 0. The number of nitrogens with one attached hydrogen (secondary N) is 2. The summed E-state index contributed by atoms with van der Waals surface area (Å²) in [6, 6.07) is 7.32. The molecule has 0 atom stereocenters. The number of nitrogens with zero attached hydrogens (tertiary/aromatic N) is 3. The minimum Gasteiger partial charge on any atom is -0.461 e. The molecule has 1 aromatic heterocycles. The van der Waals surface area contributed by atoms with Crippen LogP contribution in [0.2, 0.25) is 5.02 Å². The molecule has 2 heterocycles. The van der Waals surface area contributed by atoms with Crippen molar-refractivity contribution in [3.05, 3.63) is 59.7 Å². The highest BCUT2D eigenvalue weighted by Crippen LogP contribution is 2.34. The number of benzene rings is 2. The highest BCUT2D eigenvalue weighted by molar-refractivity contribution is 6.31. The van der Waals surface area contributed by atoms with Crippen LogP contribution in [0.4, 0.5) is 26.0 Å². The van der Waals surface area contributed by atoms with E-state index in [1.807, 2.05) is 6.08 Å². The lowest BCUT2D eigenvalue weighted by atomic mass is 10.1. The number of carbonyl (C=O) groups is 1. The first-order valence-electron chi connectivity index (χ1n) is 11.4. The van der Waals surface area contributed by atoms with Gasteiger partial charge in [0.05, 0.1) is 16.2 Å². The molecular weight excluding hydrogens is 476 g/mol. The number of rotatable bonds is 9. The summed E-state index contributed by atoms with van der Waals surface area (Å²) < 4.78 is 31.6. The largest absolute Gasteiger partial charge is 0.461 e. The van der Waals surface area contributed by atoms with Crippen molar-refractivity contribution in [1.82, 2.24) is 14.9 Å². The van der Waals surface area contributed by atoms with Crippen LogP contribution in [0.1, 0.15) is 25.7 Å². The van der Waals surface area contributed by atoms with Gasteiger partial charge in [-0.15, -0.1) is 0 Å². The number of likely N-dealkylation sites (tertiary alicyclic amines) is 1. The molecule has 1 amide bonds. The van der Waals surface area contributed by atoms with Gasteiger partial charge in [-0.25, -0.2) is 18.7 Å². The van der Waals surface area contributed by atoms with Crippen LogP contribution in [-0.4, -0.2) is 47.3 Å². The van der Waals surface area contributed by atoms with Crippen LogP contribution >= 0.6 is 11.6 Å². The molecule has 1 saturated heterocycles. The summed E-state index contributed by atoms with van der Waals surface area (Å²) in [6.07, 6.45) is 9.11. The highest BCUT2D eigenvalue weighted by Gasteiger charge is 2.14. The second-order valence-electron chi connectivity index (χ2n) is 8.18. The van der Waals surface area contributed by atoms with Crippen molar-refractivity contribution in [2.75, 3.05) is 37.1 Å². The van der Waals surface area contributed by atoms with Crippen LogP contribution in [0.5, 0.6) is 5.75 Å². The number of fused-ring (bicyclic) bond motifs is 1. The third-order valence-corrected chi connectivity index (χ3v) is 6.01. The van der Waals surface area contributed by atoms with E-state index in [0.717, 1.165) is 26.1 Å². The van der Waals surface area contributed by atoms with Gasteiger partial charge in [0.1, 0.15) is 23.7 Å². The fraction of sp³-hybridized carbons (Fsp3) is 0.320. The number of halogens is 3. The zero-order chi connectivity index (χ0) is 24.6. The Hall–Kier alpha value is -3.30. The Morgan fingerprint density at radius 2 is 2.00 bits per heavy atom. The summed E-state index contributed by atoms with van der Waals surface area (Å²) >= 11 is 5.88. The van der Waals surface area contributed by atoms with Gasteiger partial charge in [-0.05, 0) is 62.7 Å². The van der Waals surface area contributed by atoms with E-state index in [9.17, 15) is 13.6 Å². The number of hydrogen-bond donors (Lipinski definition) is 2. The maximum Gasteiger partial charge on any atom is 0.248 e. The highest BCUT2D eigenvalue weighted by atomic mass is 35.5. The molecule has 0 radical (unpaired) electrons. The van der Waals surface area contributed by atoms with Gasteiger partial charge in [-0.1, -0.05) is 24.1 Å². The van der Waals surface area contributed by atoms with Gasteiger partial charge in [-0.2, -0.15) is 0 Å². The minimum absolute atomic E-state index is 0.0352. The Morgan fingerprint density at radius 1 is 1.17 bits per heavy atom. The van der Waals surface area contributed by atoms with Crippen LogP contribution < -0.4 is 15.4 Å². The first kappa shape index (κ1) is 24.8. The van der Waals surface area contributed by atoms with Gasteiger partial charge >= 0.3 is 0 Å². The Kier molecular flexibility index (Phi) is 8.44. The first-order chi connectivity index (χ1) is 17.0. The zero-order valence-corrected chi connectivity index (χ0v) is 19.8. The molecule has 2 N–H and O–H groups in total. The number of anilines is 3. The molecule has 0 aliphatic carbocycles. The Bertz CT molecular complexity index is 1220. The summed E-state index contributed by atoms with van der Waals surface area (Å²) in [6.45, 7) is 2.05. The average molecular weight is 502 g/mol. The smallest absolute Gasteiger partial charge is 0.248 e. The predicted molar refractivity (Wildman–Crippen MR) is 134 cm³/mol. The molecular formula is C25H26ClF2N5O2. The maximum atomic E-state index is 13.5. The molecule has 35 heavy (non-hydrogen) atoms. The summed E-state index contributed by atoms with van der Waals surface area (Å²) in [4.78, 5) is 23.4. The number of carbonyl (C=O) groups excluding carboxylic acids is 1. The first-order valence-corrected chi connectivity index (χ1v) is 11.8. The maximum absolute atomic E-state index is 13.5. The van der Waals surface area contributed by atoms with Gasteiger partial charge < -0.3 is 20.3 Å². The van der Waals surface area contributed by atoms with Crippen LogP contribution in [0.25, 0.3) is 10.9 Å². The number of hydrogen-bond acceptors (Lipinski definition) is 6. The van der Waals surface area contributed by atoms with Gasteiger partial charge in [0.2, 0.25) is 12.8 Å². The van der Waals surface area contributed by atoms with Crippen molar-refractivity contribution in [2.45, 2.75) is 25.7 Å². The van der Waals surface area contributed by atoms with Gasteiger partial charge in [-0.3, -0.25) is 4.79 Å². The summed E-state index contributed by atoms with van der Waals surface area (Å²) in [5, 5.41) is 6.33.